The highest BCUT2D eigenvalue weighted by molar-refractivity contribution is 9.11. The van der Waals surface area contributed by atoms with Crippen LogP contribution in [0.3, 0.4) is 0 Å². The van der Waals surface area contributed by atoms with Gasteiger partial charge >= 0.3 is 0 Å². The summed E-state index contributed by atoms with van der Waals surface area (Å²) in [6, 6.07) is 3.98. The van der Waals surface area contributed by atoms with E-state index in [0.29, 0.717) is 5.92 Å². The van der Waals surface area contributed by atoms with E-state index >= 15 is 0 Å². The van der Waals surface area contributed by atoms with E-state index in [1.807, 2.05) is 12.1 Å². The normalized spacial score (nSPS) is 19.4. The zero-order valence-electron chi connectivity index (χ0n) is 9.63. The van der Waals surface area contributed by atoms with Gasteiger partial charge in [-0.1, -0.05) is 0 Å². The molecule has 2 rings (SSSR count). The summed E-state index contributed by atoms with van der Waals surface area (Å²) < 4.78 is 12.6. The Morgan fingerprint density at radius 1 is 1.41 bits per heavy atom. The van der Waals surface area contributed by atoms with E-state index in [2.05, 4.69) is 37.2 Å². The molecule has 1 aromatic rings. The van der Waals surface area contributed by atoms with Crippen LogP contribution in [0.5, 0.6) is 5.75 Å². The third-order valence-corrected chi connectivity index (χ3v) is 4.12. The lowest BCUT2D eigenvalue weighted by Crippen LogP contribution is -2.14. The number of hydrogen-bond donors (Lipinski definition) is 1. The Balaban J connectivity index is 2.03. The van der Waals surface area contributed by atoms with Gasteiger partial charge in [0.1, 0.15) is 5.75 Å². The molecule has 1 heterocycles. The lowest BCUT2D eigenvalue weighted by molar-refractivity contribution is 0.187. The summed E-state index contributed by atoms with van der Waals surface area (Å²) >= 11 is 7.00. The quantitative estimate of drug-likeness (QED) is 0.884. The van der Waals surface area contributed by atoms with Crippen LogP contribution in [0, 0.1) is 5.92 Å². The minimum Gasteiger partial charge on any atom is -0.495 e. The van der Waals surface area contributed by atoms with Gasteiger partial charge < -0.3 is 14.8 Å². The molecule has 17 heavy (non-hydrogen) atoms. The van der Waals surface area contributed by atoms with Gasteiger partial charge in [-0.2, -0.15) is 0 Å². The molecule has 1 aromatic carbocycles. The largest absolute Gasteiger partial charge is 0.495 e. The van der Waals surface area contributed by atoms with Crippen molar-refractivity contribution in [1.82, 2.24) is 0 Å². The summed E-state index contributed by atoms with van der Waals surface area (Å²) in [6.45, 7) is 2.68. The minimum absolute atomic E-state index is 0.608. The summed E-state index contributed by atoms with van der Waals surface area (Å²) in [7, 11) is 1.67. The summed E-state index contributed by atoms with van der Waals surface area (Å²) in [4.78, 5) is 0. The first-order valence-electron chi connectivity index (χ1n) is 5.55. The number of halogens is 2. The molecular weight excluding hydrogens is 350 g/mol. The van der Waals surface area contributed by atoms with Crippen molar-refractivity contribution in [3.63, 3.8) is 0 Å². The number of hydrogen-bond acceptors (Lipinski definition) is 3. The average molecular weight is 365 g/mol. The van der Waals surface area contributed by atoms with Gasteiger partial charge in [-0.25, -0.2) is 0 Å². The van der Waals surface area contributed by atoms with Crippen LogP contribution in [-0.2, 0) is 4.74 Å². The maximum absolute atomic E-state index is 5.36. The van der Waals surface area contributed by atoms with E-state index in [4.69, 9.17) is 9.47 Å². The predicted molar refractivity (Wildman–Crippen MR) is 75.8 cm³/mol. The SMILES string of the molecule is COc1cc(NCC2CCOC2)c(Br)cc1Br. The molecule has 0 radical (unpaired) electrons. The lowest BCUT2D eigenvalue weighted by atomic mass is 10.1. The number of nitrogens with one attached hydrogen (secondary N) is 1. The monoisotopic (exact) mass is 363 g/mol. The average Bonchev–Trinajstić information content (AvgIpc) is 2.81. The highest BCUT2D eigenvalue weighted by Crippen LogP contribution is 2.34. The molecule has 0 saturated carbocycles. The fourth-order valence-electron chi connectivity index (χ4n) is 1.82. The molecule has 0 spiro atoms. The van der Waals surface area contributed by atoms with Gasteiger partial charge in [-0.15, -0.1) is 0 Å². The molecule has 1 N–H and O–H groups in total. The smallest absolute Gasteiger partial charge is 0.135 e. The van der Waals surface area contributed by atoms with Gasteiger partial charge in [-0.3, -0.25) is 0 Å². The van der Waals surface area contributed by atoms with Crippen molar-refractivity contribution < 1.29 is 9.47 Å². The topological polar surface area (TPSA) is 30.5 Å². The minimum atomic E-state index is 0.608. The molecule has 5 heteroatoms. The number of methoxy groups -OCH3 is 1. The van der Waals surface area contributed by atoms with Gasteiger partial charge in [0.2, 0.25) is 0 Å². The van der Waals surface area contributed by atoms with Gasteiger partial charge in [0, 0.05) is 29.6 Å². The molecule has 94 valence electrons. The van der Waals surface area contributed by atoms with Crippen LogP contribution in [0.1, 0.15) is 6.42 Å². The molecular formula is C12H15Br2NO2. The number of benzene rings is 1. The van der Waals surface area contributed by atoms with Crippen molar-refractivity contribution >= 4 is 37.5 Å². The second kappa shape index (κ2) is 6.07. The zero-order valence-corrected chi connectivity index (χ0v) is 12.8. The fraction of sp³-hybridized carbons (Fsp3) is 0.500. The molecule has 1 atom stereocenters. The van der Waals surface area contributed by atoms with Crippen LogP contribution in [0.4, 0.5) is 5.69 Å². The second-order valence-electron chi connectivity index (χ2n) is 4.08. The van der Waals surface area contributed by atoms with Gasteiger partial charge in [0.15, 0.2) is 0 Å². The summed E-state index contributed by atoms with van der Waals surface area (Å²) in [5, 5.41) is 3.43. The van der Waals surface area contributed by atoms with Crippen LogP contribution in [-0.4, -0.2) is 26.9 Å². The Kier molecular flexibility index (Phi) is 4.70. The van der Waals surface area contributed by atoms with Crippen LogP contribution >= 0.6 is 31.9 Å². The summed E-state index contributed by atoms with van der Waals surface area (Å²) in [5.74, 6) is 1.44. The summed E-state index contributed by atoms with van der Waals surface area (Å²) in [6.07, 6.45) is 1.14. The molecule has 1 aliphatic heterocycles. The molecule has 1 unspecified atom stereocenters. The van der Waals surface area contributed by atoms with Crippen molar-refractivity contribution in [3.8, 4) is 5.75 Å². The van der Waals surface area contributed by atoms with Crippen molar-refractivity contribution in [2.24, 2.45) is 5.92 Å². The maximum Gasteiger partial charge on any atom is 0.135 e. The van der Waals surface area contributed by atoms with Crippen LogP contribution in [0.25, 0.3) is 0 Å². The van der Waals surface area contributed by atoms with Crippen LogP contribution < -0.4 is 10.1 Å². The molecule has 3 nitrogen and oxygen atoms in total. The van der Waals surface area contributed by atoms with E-state index in [9.17, 15) is 0 Å². The van der Waals surface area contributed by atoms with E-state index in [1.54, 1.807) is 7.11 Å². The molecule has 0 aromatic heterocycles. The van der Waals surface area contributed by atoms with Crippen LogP contribution in [0.15, 0.2) is 21.1 Å². The first-order chi connectivity index (χ1) is 8.20. The Morgan fingerprint density at radius 2 is 2.24 bits per heavy atom. The van der Waals surface area contributed by atoms with E-state index in [-0.39, 0.29) is 0 Å². The fourth-order valence-corrected chi connectivity index (χ4v) is 3.12. The Bertz CT molecular complexity index is 392. The third-order valence-electron chi connectivity index (χ3n) is 2.85. The Hall–Kier alpha value is -0.260. The maximum atomic E-state index is 5.36. The molecule has 1 aliphatic rings. The van der Waals surface area contributed by atoms with Gasteiger partial charge in [0.05, 0.1) is 23.9 Å². The Labute approximate surface area is 118 Å². The molecule has 0 bridgehead atoms. The van der Waals surface area contributed by atoms with E-state index < -0.39 is 0 Å². The summed E-state index contributed by atoms with van der Waals surface area (Å²) in [5.41, 5.74) is 1.05. The second-order valence-corrected chi connectivity index (χ2v) is 5.79. The first-order valence-corrected chi connectivity index (χ1v) is 7.14. The molecule has 1 saturated heterocycles. The predicted octanol–water partition coefficient (Wildman–Crippen LogP) is 3.67. The van der Waals surface area contributed by atoms with E-state index in [1.165, 1.54) is 0 Å². The lowest BCUT2D eigenvalue weighted by Gasteiger charge is -2.14. The van der Waals surface area contributed by atoms with E-state index in [0.717, 1.165) is 46.6 Å². The highest BCUT2D eigenvalue weighted by Gasteiger charge is 2.16. The standard InChI is InChI=1S/C12H15Br2NO2/c1-16-12-5-11(9(13)4-10(12)14)15-6-8-2-3-17-7-8/h4-5,8,15H,2-3,6-7H2,1H3. The first kappa shape index (κ1) is 13.2. The van der Waals surface area contributed by atoms with Crippen molar-refractivity contribution in [2.45, 2.75) is 6.42 Å². The molecule has 1 fully saturated rings. The highest BCUT2D eigenvalue weighted by atomic mass is 79.9. The molecule has 0 amide bonds. The molecule has 0 aliphatic carbocycles. The van der Waals surface area contributed by atoms with Gasteiger partial charge in [0.25, 0.3) is 0 Å². The zero-order chi connectivity index (χ0) is 12.3. The van der Waals surface area contributed by atoms with Gasteiger partial charge in [-0.05, 0) is 44.3 Å². The number of anilines is 1. The number of ether oxygens (including phenoxy) is 2. The third kappa shape index (κ3) is 3.36. The Morgan fingerprint density at radius 3 is 2.88 bits per heavy atom. The van der Waals surface area contributed by atoms with Crippen LogP contribution in [0.2, 0.25) is 0 Å². The van der Waals surface area contributed by atoms with Crippen molar-refractivity contribution in [2.75, 3.05) is 32.2 Å². The number of rotatable bonds is 4. The van der Waals surface area contributed by atoms with Crippen molar-refractivity contribution in [3.05, 3.63) is 21.1 Å². The van der Waals surface area contributed by atoms with Crippen molar-refractivity contribution in [1.29, 1.82) is 0 Å².